The first-order valence-corrected chi connectivity index (χ1v) is 3.50. The van der Waals surface area contributed by atoms with Crippen molar-refractivity contribution >= 4 is 0 Å². The highest BCUT2D eigenvalue weighted by Gasteiger charge is 1.99. The molecule has 12 heavy (non-hydrogen) atoms. The molecule has 0 aliphatic rings. The van der Waals surface area contributed by atoms with Gasteiger partial charge in [0.15, 0.2) is 0 Å². The lowest BCUT2D eigenvalue weighted by Crippen LogP contribution is -1.98. The van der Waals surface area contributed by atoms with Gasteiger partial charge < -0.3 is 4.74 Å². The molecule has 0 bridgehead atoms. The predicted molar refractivity (Wildman–Crippen MR) is 42.2 cm³/mol. The summed E-state index contributed by atoms with van der Waals surface area (Å²) in [6, 6.07) is 3.58. The van der Waals surface area contributed by atoms with Crippen molar-refractivity contribution in [1.29, 1.82) is 5.26 Å². The molecule has 0 saturated carbocycles. The van der Waals surface area contributed by atoms with E-state index in [0.29, 0.717) is 18.1 Å². The monoisotopic (exact) mass is 163 g/mol. The van der Waals surface area contributed by atoms with Crippen LogP contribution in [0.2, 0.25) is 0 Å². The van der Waals surface area contributed by atoms with Gasteiger partial charge in [0.2, 0.25) is 0 Å². The van der Waals surface area contributed by atoms with E-state index in [4.69, 9.17) is 10.00 Å². The van der Waals surface area contributed by atoms with Gasteiger partial charge in [-0.25, -0.2) is 9.97 Å². The van der Waals surface area contributed by atoms with Gasteiger partial charge in [-0.15, -0.1) is 0 Å². The zero-order chi connectivity index (χ0) is 8.97. The summed E-state index contributed by atoms with van der Waals surface area (Å²) in [5, 5.41) is 8.57. The summed E-state index contributed by atoms with van der Waals surface area (Å²) in [6.07, 6.45) is 0. The minimum Gasteiger partial charge on any atom is -0.378 e. The summed E-state index contributed by atoms with van der Waals surface area (Å²) in [6.45, 7) is 2.16. The average molecular weight is 163 g/mol. The van der Waals surface area contributed by atoms with E-state index in [0.717, 1.165) is 5.69 Å². The molecule has 0 unspecified atom stereocenters. The Kier molecular flexibility index (Phi) is 2.72. The van der Waals surface area contributed by atoms with Crippen LogP contribution < -0.4 is 0 Å². The summed E-state index contributed by atoms with van der Waals surface area (Å²) in [7, 11) is 1.59. The van der Waals surface area contributed by atoms with Crippen LogP contribution >= 0.6 is 0 Å². The fourth-order valence-corrected chi connectivity index (χ4v) is 0.909. The number of rotatable bonds is 2. The van der Waals surface area contributed by atoms with Gasteiger partial charge in [-0.2, -0.15) is 5.26 Å². The average Bonchev–Trinajstić information content (AvgIpc) is 2.04. The first-order valence-electron chi connectivity index (χ1n) is 3.50. The van der Waals surface area contributed by atoms with Crippen molar-refractivity contribution in [2.24, 2.45) is 0 Å². The molecule has 0 aliphatic heterocycles. The van der Waals surface area contributed by atoms with Crippen LogP contribution in [-0.2, 0) is 11.3 Å². The van der Waals surface area contributed by atoms with Gasteiger partial charge >= 0.3 is 0 Å². The second-order valence-electron chi connectivity index (χ2n) is 2.34. The molecule has 1 rings (SSSR count). The fourth-order valence-electron chi connectivity index (χ4n) is 0.909. The van der Waals surface area contributed by atoms with E-state index >= 15 is 0 Å². The highest BCUT2D eigenvalue weighted by Crippen LogP contribution is 2.00. The topological polar surface area (TPSA) is 58.8 Å². The van der Waals surface area contributed by atoms with Gasteiger partial charge in [-0.1, -0.05) is 0 Å². The highest BCUT2D eigenvalue weighted by molar-refractivity contribution is 5.22. The molecule has 0 fully saturated rings. The van der Waals surface area contributed by atoms with Gasteiger partial charge in [0.25, 0.3) is 0 Å². The van der Waals surface area contributed by atoms with Crippen molar-refractivity contribution < 1.29 is 4.74 Å². The maximum Gasteiger partial charge on any atom is 0.144 e. The summed E-state index contributed by atoms with van der Waals surface area (Å²) in [4.78, 5) is 7.99. The fraction of sp³-hybridized carbons (Fsp3) is 0.375. The lowest BCUT2D eigenvalue weighted by atomic mass is 10.3. The molecular formula is C8H9N3O. The smallest absolute Gasteiger partial charge is 0.144 e. The molecule has 0 aromatic carbocycles. The van der Waals surface area contributed by atoms with Crippen molar-refractivity contribution in [3.63, 3.8) is 0 Å². The Morgan fingerprint density at radius 1 is 1.58 bits per heavy atom. The Labute approximate surface area is 70.8 Å². The molecule has 4 heteroatoms. The van der Waals surface area contributed by atoms with Crippen molar-refractivity contribution in [2.45, 2.75) is 13.5 Å². The van der Waals surface area contributed by atoms with Crippen LogP contribution in [0.25, 0.3) is 0 Å². The van der Waals surface area contributed by atoms with Gasteiger partial charge in [0, 0.05) is 7.11 Å². The molecule has 0 amide bonds. The first kappa shape index (κ1) is 8.62. The molecule has 1 heterocycles. The molecule has 0 saturated heterocycles. The van der Waals surface area contributed by atoms with Crippen molar-refractivity contribution in [3.8, 4) is 6.07 Å². The van der Waals surface area contributed by atoms with Gasteiger partial charge in [-0.05, 0) is 13.0 Å². The number of aryl methyl sites for hydroxylation is 1. The number of nitriles is 1. The van der Waals surface area contributed by atoms with Crippen LogP contribution in [0.4, 0.5) is 0 Å². The van der Waals surface area contributed by atoms with Crippen LogP contribution in [0, 0.1) is 18.3 Å². The minimum absolute atomic E-state index is 0.384. The van der Waals surface area contributed by atoms with E-state index in [2.05, 4.69) is 9.97 Å². The molecule has 0 aliphatic carbocycles. The molecule has 4 nitrogen and oxygen atoms in total. The van der Waals surface area contributed by atoms with E-state index in [1.165, 1.54) is 0 Å². The third kappa shape index (κ3) is 2.01. The Hall–Kier alpha value is -1.47. The lowest BCUT2D eigenvalue weighted by molar-refractivity contribution is 0.181. The molecule has 1 aromatic heterocycles. The second kappa shape index (κ2) is 3.79. The van der Waals surface area contributed by atoms with Crippen LogP contribution in [-0.4, -0.2) is 17.1 Å². The van der Waals surface area contributed by atoms with Crippen molar-refractivity contribution in [2.75, 3.05) is 7.11 Å². The van der Waals surface area contributed by atoms with Gasteiger partial charge in [-0.3, -0.25) is 0 Å². The number of ether oxygens (including phenoxy) is 1. The number of nitrogens with zero attached hydrogens (tertiary/aromatic N) is 3. The second-order valence-corrected chi connectivity index (χ2v) is 2.34. The minimum atomic E-state index is 0.384. The van der Waals surface area contributed by atoms with Crippen LogP contribution in [0.3, 0.4) is 0 Å². The van der Waals surface area contributed by atoms with E-state index in [1.54, 1.807) is 20.1 Å². The predicted octanol–water partition coefficient (Wildman–Crippen LogP) is 0.803. The first-order chi connectivity index (χ1) is 5.76. The maximum absolute atomic E-state index is 8.57. The Bertz CT molecular complexity index is 317. The largest absolute Gasteiger partial charge is 0.378 e. The van der Waals surface area contributed by atoms with Gasteiger partial charge in [0.05, 0.1) is 12.3 Å². The normalized spacial score (nSPS) is 9.42. The third-order valence-electron chi connectivity index (χ3n) is 1.30. The number of hydrogen-bond donors (Lipinski definition) is 0. The van der Waals surface area contributed by atoms with E-state index in [-0.39, 0.29) is 0 Å². The number of aromatic nitrogens is 2. The van der Waals surface area contributed by atoms with Crippen molar-refractivity contribution in [1.82, 2.24) is 9.97 Å². The molecular weight excluding hydrogens is 154 g/mol. The third-order valence-corrected chi connectivity index (χ3v) is 1.30. The SMILES string of the molecule is COCc1cc(C#N)nc(C)n1. The number of hydrogen-bond acceptors (Lipinski definition) is 4. The van der Waals surface area contributed by atoms with E-state index in [1.807, 2.05) is 6.07 Å². The maximum atomic E-state index is 8.57. The molecule has 0 N–H and O–H groups in total. The summed E-state index contributed by atoms with van der Waals surface area (Å²) < 4.78 is 4.88. The molecule has 1 aromatic rings. The Morgan fingerprint density at radius 2 is 2.33 bits per heavy atom. The van der Waals surface area contributed by atoms with E-state index < -0.39 is 0 Å². The van der Waals surface area contributed by atoms with E-state index in [9.17, 15) is 0 Å². The quantitative estimate of drug-likeness (QED) is 0.647. The molecule has 62 valence electrons. The molecule has 0 radical (unpaired) electrons. The number of methoxy groups -OCH3 is 1. The zero-order valence-corrected chi connectivity index (χ0v) is 7.03. The Balaban J connectivity index is 3.00. The molecule has 0 atom stereocenters. The van der Waals surface area contributed by atoms with Crippen LogP contribution in [0.5, 0.6) is 0 Å². The summed E-state index contributed by atoms with van der Waals surface area (Å²) in [5.74, 6) is 0.598. The zero-order valence-electron chi connectivity index (χ0n) is 7.03. The highest BCUT2D eigenvalue weighted by atomic mass is 16.5. The standard InChI is InChI=1S/C8H9N3O/c1-6-10-7(4-9)3-8(11-6)5-12-2/h3H,5H2,1-2H3. The van der Waals surface area contributed by atoms with Gasteiger partial charge in [0.1, 0.15) is 17.6 Å². The Morgan fingerprint density at radius 3 is 2.92 bits per heavy atom. The van der Waals surface area contributed by atoms with Crippen LogP contribution in [0.1, 0.15) is 17.2 Å². The lowest BCUT2D eigenvalue weighted by Gasteiger charge is -1.99. The summed E-state index contributed by atoms with van der Waals surface area (Å²) in [5.41, 5.74) is 1.12. The van der Waals surface area contributed by atoms with Crippen molar-refractivity contribution in [3.05, 3.63) is 23.3 Å². The summed E-state index contributed by atoms with van der Waals surface area (Å²) >= 11 is 0. The molecule has 0 spiro atoms. The van der Waals surface area contributed by atoms with Crippen LogP contribution in [0.15, 0.2) is 6.07 Å².